The fraction of sp³-hybridized carbons (Fsp3) is 0.174. The number of carbonyl (C=O) groups excluding carboxylic acids is 2. The van der Waals surface area contributed by atoms with Gasteiger partial charge in [-0.25, -0.2) is 4.90 Å². The van der Waals surface area contributed by atoms with Crippen molar-refractivity contribution in [1.82, 2.24) is 4.98 Å². The average molecular weight is 435 g/mol. The number of nitrogens with zero attached hydrogens (tertiary/aromatic N) is 1. The highest BCUT2D eigenvalue weighted by Crippen LogP contribution is 2.51. The monoisotopic (exact) mass is 434 g/mol. The van der Waals surface area contributed by atoms with E-state index < -0.39 is 11.2 Å². The molecular weight excluding hydrogens is 416 g/mol. The number of benzene rings is 2. The lowest BCUT2D eigenvalue weighted by atomic mass is 9.88. The van der Waals surface area contributed by atoms with E-state index in [1.807, 2.05) is 61.5 Å². The summed E-state index contributed by atoms with van der Waals surface area (Å²) in [5, 5.41) is 0.142. The molecule has 2 aliphatic heterocycles. The van der Waals surface area contributed by atoms with Gasteiger partial charge >= 0.3 is 4.87 Å². The SMILES string of the molecule is Cc1ccc(N2C(=O)[C@@H]3[C@H](/C=C/c4ccccc4)c4sc(=O)[nH]c4S[C@H]3C2=O)cc1. The molecule has 7 heteroatoms. The molecule has 0 aliphatic carbocycles. The number of nitrogens with one attached hydrogen (secondary N) is 1. The molecule has 2 aliphatic rings. The number of amides is 2. The predicted octanol–water partition coefficient (Wildman–Crippen LogP) is 4.21. The Bertz CT molecular complexity index is 1210. The first kappa shape index (κ1) is 19.1. The van der Waals surface area contributed by atoms with Gasteiger partial charge in [-0.15, -0.1) is 0 Å². The molecule has 150 valence electrons. The minimum atomic E-state index is -0.554. The molecule has 0 saturated carbocycles. The summed E-state index contributed by atoms with van der Waals surface area (Å²) in [6.45, 7) is 1.96. The highest BCUT2D eigenvalue weighted by atomic mass is 32.2. The first-order valence-corrected chi connectivity index (χ1v) is 11.3. The van der Waals surface area contributed by atoms with Gasteiger partial charge < -0.3 is 4.98 Å². The maximum atomic E-state index is 13.4. The largest absolute Gasteiger partial charge is 0.307 e. The van der Waals surface area contributed by atoms with Crippen molar-refractivity contribution in [3.05, 3.63) is 86.3 Å². The number of imide groups is 1. The molecular formula is C23H18N2O3S2. The lowest BCUT2D eigenvalue weighted by molar-refractivity contribution is -0.122. The Balaban J connectivity index is 1.57. The summed E-state index contributed by atoms with van der Waals surface area (Å²) in [6.07, 6.45) is 3.91. The minimum Gasteiger partial charge on any atom is -0.307 e. The summed E-state index contributed by atoms with van der Waals surface area (Å²) in [4.78, 5) is 43.5. The number of thioether (sulfide) groups is 1. The zero-order valence-corrected chi connectivity index (χ0v) is 17.7. The van der Waals surface area contributed by atoms with Crippen LogP contribution in [0.2, 0.25) is 0 Å². The number of thiazole rings is 1. The number of aromatic nitrogens is 1. The zero-order chi connectivity index (χ0) is 20.8. The number of carbonyl (C=O) groups is 2. The first-order valence-electron chi connectivity index (χ1n) is 9.60. The van der Waals surface area contributed by atoms with Crippen LogP contribution in [0.25, 0.3) is 6.08 Å². The average Bonchev–Trinajstić information content (AvgIpc) is 3.24. The summed E-state index contributed by atoms with van der Waals surface area (Å²) in [6, 6.07) is 17.2. The number of fused-ring (bicyclic) bond motifs is 2. The Morgan fingerprint density at radius 1 is 0.967 bits per heavy atom. The van der Waals surface area contributed by atoms with Crippen LogP contribution in [0.15, 0.2) is 70.5 Å². The van der Waals surface area contributed by atoms with Gasteiger partial charge in [0.1, 0.15) is 5.25 Å². The fourth-order valence-electron chi connectivity index (χ4n) is 3.99. The minimum absolute atomic E-state index is 0.166. The summed E-state index contributed by atoms with van der Waals surface area (Å²) >= 11 is 2.42. The maximum absolute atomic E-state index is 13.4. The van der Waals surface area contributed by atoms with E-state index in [1.165, 1.54) is 16.7 Å². The van der Waals surface area contributed by atoms with Crippen LogP contribution in [0, 0.1) is 12.8 Å². The highest BCUT2D eigenvalue weighted by molar-refractivity contribution is 8.00. The van der Waals surface area contributed by atoms with Crippen LogP contribution < -0.4 is 9.77 Å². The van der Waals surface area contributed by atoms with Gasteiger partial charge in [-0.3, -0.25) is 14.4 Å². The molecule has 1 fully saturated rings. The molecule has 0 bridgehead atoms. The Kier molecular flexibility index (Phi) is 4.72. The normalized spacial score (nSPS) is 23.1. The van der Waals surface area contributed by atoms with Gasteiger partial charge in [-0.2, -0.15) is 0 Å². The van der Waals surface area contributed by atoms with Gasteiger partial charge in [-0.1, -0.05) is 83.3 Å². The molecule has 5 nitrogen and oxygen atoms in total. The van der Waals surface area contributed by atoms with Gasteiger partial charge in [0.2, 0.25) is 11.8 Å². The van der Waals surface area contributed by atoms with Crippen molar-refractivity contribution in [1.29, 1.82) is 0 Å². The van der Waals surface area contributed by atoms with Crippen molar-refractivity contribution in [2.75, 3.05) is 4.90 Å². The molecule has 0 radical (unpaired) electrons. The second-order valence-corrected chi connectivity index (χ2v) is 9.58. The van der Waals surface area contributed by atoms with E-state index in [4.69, 9.17) is 0 Å². The van der Waals surface area contributed by atoms with E-state index in [-0.39, 0.29) is 22.6 Å². The van der Waals surface area contributed by atoms with E-state index in [2.05, 4.69) is 4.98 Å². The zero-order valence-electron chi connectivity index (χ0n) is 16.1. The molecule has 3 heterocycles. The third-order valence-corrected chi connectivity index (χ3v) is 7.88. The van der Waals surface area contributed by atoms with Gasteiger partial charge in [0, 0.05) is 10.8 Å². The summed E-state index contributed by atoms with van der Waals surface area (Å²) in [5.41, 5.74) is 2.66. The van der Waals surface area contributed by atoms with Crippen molar-refractivity contribution in [2.45, 2.75) is 23.1 Å². The predicted molar refractivity (Wildman–Crippen MR) is 120 cm³/mol. The highest BCUT2D eigenvalue weighted by Gasteiger charge is 2.55. The number of H-pyrrole nitrogens is 1. The standard InChI is InChI=1S/C23H18N2O3S2/c1-13-7-10-15(11-8-13)25-21(26)17-16(12-9-14-5-3-2-4-6-14)18-20(24-23(28)30-18)29-19(17)22(25)27/h2-12,16-17,19H,1H3,(H,24,28)/b12-9+/t16-,17+,19+/m0/s1. The molecule has 1 N–H and O–H groups in total. The number of anilines is 1. The van der Waals surface area contributed by atoms with Crippen molar-refractivity contribution in [3.63, 3.8) is 0 Å². The van der Waals surface area contributed by atoms with Crippen molar-refractivity contribution >= 4 is 46.7 Å². The molecule has 2 aromatic carbocycles. The maximum Gasteiger partial charge on any atom is 0.305 e. The van der Waals surface area contributed by atoms with Gasteiger partial charge in [0.15, 0.2) is 0 Å². The molecule has 0 unspecified atom stereocenters. The molecule has 3 aromatic rings. The van der Waals surface area contributed by atoms with E-state index in [9.17, 15) is 14.4 Å². The lowest BCUT2D eigenvalue weighted by Crippen LogP contribution is -2.31. The van der Waals surface area contributed by atoms with Crippen molar-refractivity contribution < 1.29 is 9.59 Å². The second-order valence-electron chi connectivity index (χ2n) is 7.42. The number of aromatic amines is 1. The van der Waals surface area contributed by atoms with Gasteiger partial charge in [0.25, 0.3) is 0 Å². The molecule has 0 spiro atoms. The summed E-state index contributed by atoms with van der Waals surface area (Å²) in [5.74, 6) is -1.31. The van der Waals surface area contributed by atoms with Crippen LogP contribution in [-0.4, -0.2) is 22.0 Å². The fourth-order valence-corrected chi connectivity index (χ4v) is 6.48. The molecule has 5 rings (SSSR count). The summed E-state index contributed by atoms with van der Waals surface area (Å²) in [7, 11) is 0. The molecule has 1 aromatic heterocycles. The lowest BCUT2D eigenvalue weighted by Gasteiger charge is -2.27. The quantitative estimate of drug-likeness (QED) is 0.627. The van der Waals surface area contributed by atoms with Crippen LogP contribution in [0.5, 0.6) is 0 Å². The Hall–Kier alpha value is -2.90. The molecule has 2 amide bonds. The number of aryl methyl sites for hydroxylation is 1. The second kappa shape index (κ2) is 7.41. The third kappa shape index (κ3) is 3.14. The van der Waals surface area contributed by atoms with E-state index in [0.29, 0.717) is 10.7 Å². The molecule has 1 saturated heterocycles. The van der Waals surface area contributed by atoms with Gasteiger partial charge in [0.05, 0.1) is 16.6 Å². The molecule has 30 heavy (non-hydrogen) atoms. The molecule has 3 atom stereocenters. The van der Waals surface area contributed by atoms with E-state index in [0.717, 1.165) is 27.3 Å². The van der Waals surface area contributed by atoms with Crippen LogP contribution in [0.3, 0.4) is 0 Å². The number of allylic oxidation sites excluding steroid dienone is 1. The summed E-state index contributed by atoms with van der Waals surface area (Å²) < 4.78 is 0. The van der Waals surface area contributed by atoms with Crippen LogP contribution in [0.4, 0.5) is 5.69 Å². The van der Waals surface area contributed by atoms with Gasteiger partial charge in [-0.05, 0) is 24.6 Å². The first-order chi connectivity index (χ1) is 14.5. The Labute approximate surface area is 181 Å². The smallest absolute Gasteiger partial charge is 0.305 e. The van der Waals surface area contributed by atoms with Crippen LogP contribution >= 0.6 is 23.1 Å². The number of rotatable bonds is 3. The Morgan fingerprint density at radius 2 is 1.70 bits per heavy atom. The van der Waals surface area contributed by atoms with Crippen LogP contribution in [0.1, 0.15) is 21.9 Å². The third-order valence-electron chi connectivity index (χ3n) is 5.46. The number of hydrogen-bond acceptors (Lipinski definition) is 5. The topological polar surface area (TPSA) is 70.2 Å². The van der Waals surface area contributed by atoms with Crippen LogP contribution in [-0.2, 0) is 9.59 Å². The van der Waals surface area contributed by atoms with Crippen molar-refractivity contribution in [2.24, 2.45) is 5.92 Å². The van der Waals surface area contributed by atoms with Crippen molar-refractivity contribution in [3.8, 4) is 0 Å². The van der Waals surface area contributed by atoms with E-state index >= 15 is 0 Å². The Morgan fingerprint density at radius 3 is 2.43 bits per heavy atom. The van der Waals surface area contributed by atoms with E-state index in [1.54, 1.807) is 12.1 Å². The number of hydrogen-bond donors (Lipinski definition) is 1.